The Morgan fingerprint density at radius 1 is 1.42 bits per heavy atom. The van der Waals surface area contributed by atoms with Crippen LogP contribution in [0.25, 0.3) is 0 Å². The van der Waals surface area contributed by atoms with Crippen LogP contribution in [-0.2, 0) is 15.1 Å². The van der Waals surface area contributed by atoms with E-state index >= 15 is 0 Å². The minimum atomic E-state index is -0.220. The molecule has 5 heteroatoms. The Morgan fingerprint density at radius 2 is 2.16 bits per heavy atom. The van der Waals surface area contributed by atoms with Gasteiger partial charge in [-0.25, -0.2) is 4.98 Å². The molecule has 108 valence electrons. The maximum absolute atomic E-state index is 5.74. The van der Waals surface area contributed by atoms with Gasteiger partial charge in [0.25, 0.3) is 0 Å². The van der Waals surface area contributed by atoms with Crippen LogP contribution in [0.2, 0.25) is 0 Å². The molecular weight excluding hydrogens is 260 g/mol. The summed E-state index contributed by atoms with van der Waals surface area (Å²) >= 11 is 1.71. The van der Waals surface area contributed by atoms with Crippen LogP contribution < -0.4 is 5.32 Å². The molecule has 1 fully saturated rings. The third-order valence-corrected chi connectivity index (χ3v) is 5.27. The zero-order valence-electron chi connectivity index (χ0n) is 12.2. The van der Waals surface area contributed by atoms with E-state index < -0.39 is 0 Å². The summed E-state index contributed by atoms with van der Waals surface area (Å²) in [6, 6.07) is 0.318. The molecule has 0 amide bonds. The molecule has 1 aromatic rings. The SMILES string of the molecule is CCC(CC)(OC)c1nc(C2CC(OC)CN2)cs1. The summed E-state index contributed by atoms with van der Waals surface area (Å²) in [7, 11) is 3.55. The number of aromatic nitrogens is 1. The molecule has 1 N–H and O–H groups in total. The molecule has 0 aromatic carbocycles. The van der Waals surface area contributed by atoms with Gasteiger partial charge in [-0.15, -0.1) is 11.3 Å². The Hall–Kier alpha value is -0.490. The predicted molar refractivity (Wildman–Crippen MR) is 77.5 cm³/mol. The van der Waals surface area contributed by atoms with Gasteiger partial charge in [0.1, 0.15) is 10.6 Å². The van der Waals surface area contributed by atoms with Gasteiger partial charge in [0.15, 0.2) is 0 Å². The largest absolute Gasteiger partial charge is 0.380 e. The number of nitrogens with one attached hydrogen (secondary N) is 1. The summed E-state index contributed by atoms with van der Waals surface area (Å²) in [6.45, 7) is 5.22. The second-order valence-corrected chi connectivity index (χ2v) is 5.90. The van der Waals surface area contributed by atoms with Gasteiger partial charge in [-0.05, 0) is 19.3 Å². The van der Waals surface area contributed by atoms with E-state index in [2.05, 4.69) is 24.5 Å². The quantitative estimate of drug-likeness (QED) is 0.872. The fourth-order valence-electron chi connectivity index (χ4n) is 2.69. The summed E-state index contributed by atoms with van der Waals surface area (Å²) in [5.74, 6) is 0. The van der Waals surface area contributed by atoms with E-state index in [4.69, 9.17) is 14.5 Å². The number of thiazole rings is 1. The van der Waals surface area contributed by atoms with Crippen molar-refractivity contribution in [1.82, 2.24) is 10.3 Å². The van der Waals surface area contributed by atoms with Crippen molar-refractivity contribution in [3.05, 3.63) is 16.1 Å². The van der Waals surface area contributed by atoms with Gasteiger partial charge in [0.2, 0.25) is 0 Å². The third kappa shape index (κ3) is 2.84. The molecule has 0 spiro atoms. The lowest BCUT2D eigenvalue weighted by atomic mass is 9.98. The zero-order valence-corrected chi connectivity index (χ0v) is 13.0. The van der Waals surface area contributed by atoms with Gasteiger partial charge in [-0.3, -0.25) is 0 Å². The fourth-order valence-corrected chi connectivity index (χ4v) is 3.89. The van der Waals surface area contributed by atoms with Crippen LogP contribution >= 0.6 is 11.3 Å². The zero-order chi connectivity index (χ0) is 13.9. The van der Waals surface area contributed by atoms with Crippen molar-refractivity contribution in [2.24, 2.45) is 0 Å². The standard InChI is InChI=1S/C14H24N2O2S/c1-5-14(6-2,18-4)13-16-12(9-19-13)11-7-10(17-3)8-15-11/h9-11,15H,5-8H2,1-4H3. The molecule has 1 aromatic heterocycles. The minimum Gasteiger partial charge on any atom is -0.380 e. The highest BCUT2D eigenvalue weighted by molar-refractivity contribution is 7.09. The topological polar surface area (TPSA) is 43.4 Å². The molecule has 19 heavy (non-hydrogen) atoms. The average molecular weight is 284 g/mol. The highest BCUT2D eigenvalue weighted by Crippen LogP contribution is 2.36. The lowest BCUT2D eigenvalue weighted by Crippen LogP contribution is -2.26. The lowest BCUT2D eigenvalue weighted by molar-refractivity contribution is -0.0220. The normalized spacial score (nSPS) is 24.0. The van der Waals surface area contributed by atoms with E-state index in [0.717, 1.165) is 36.5 Å². The molecule has 0 saturated carbocycles. The molecule has 2 unspecified atom stereocenters. The Kier molecular flexibility index (Phi) is 4.95. The Morgan fingerprint density at radius 3 is 2.68 bits per heavy atom. The molecule has 1 aliphatic heterocycles. The van der Waals surface area contributed by atoms with Crippen molar-refractivity contribution >= 4 is 11.3 Å². The van der Waals surface area contributed by atoms with E-state index in [1.165, 1.54) is 0 Å². The predicted octanol–water partition coefficient (Wildman–Crippen LogP) is 2.85. The number of nitrogens with zero attached hydrogens (tertiary/aromatic N) is 1. The average Bonchev–Trinajstić information content (AvgIpc) is 3.10. The molecule has 4 nitrogen and oxygen atoms in total. The van der Waals surface area contributed by atoms with Crippen LogP contribution in [0, 0.1) is 0 Å². The van der Waals surface area contributed by atoms with Gasteiger partial charge < -0.3 is 14.8 Å². The second-order valence-electron chi connectivity index (χ2n) is 5.04. The highest BCUT2D eigenvalue weighted by Gasteiger charge is 2.33. The number of rotatable bonds is 6. The van der Waals surface area contributed by atoms with Crippen molar-refractivity contribution in [2.75, 3.05) is 20.8 Å². The van der Waals surface area contributed by atoms with E-state index in [0.29, 0.717) is 12.1 Å². The van der Waals surface area contributed by atoms with Gasteiger partial charge in [0, 0.05) is 26.1 Å². The van der Waals surface area contributed by atoms with Crippen LogP contribution in [0.15, 0.2) is 5.38 Å². The smallest absolute Gasteiger partial charge is 0.125 e. The Labute approximate surface area is 119 Å². The minimum absolute atomic E-state index is 0.220. The number of methoxy groups -OCH3 is 2. The number of hydrogen-bond acceptors (Lipinski definition) is 5. The molecule has 1 aliphatic rings. The maximum atomic E-state index is 5.74. The summed E-state index contributed by atoms with van der Waals surface area (Å²) in [6.07, 6.45) is 3.20. The van der Waals surface area contributed by atoms with Crippen LogP contribution in [0.5, 0.6) is 0 Å². The molecular formula is C14H24N2O2S. The lowest BCUT2D eigenvalue weighted by Gasteiger charge is -2.27. The molecule has 1 saturated heterocycles. The van der Waals surface area contributed by atoms with Gasteiger partial charge in [-0.1, -0.05) is 13.8 Å². The maximum Gasteiger partial charge on any atom is 0.125 e. The first-order chi connectivity index (χ1) is 9.19. The van der Waals surface area contributed by atoms with Gasteiger partial charge in [0.05, 0.1) is 17.8 Å². The van der Waals surface area contributed by atoms with E-state index in [9.17, 15) is 0 Å². The number of hydrogen-bond donors (Lipinski definition) is 1. The van der Waals surface area contributed by atoms with Crippen LogP contribution in [-0.4, -0.2) is 31.9 Å². The van der Waals surface area contributed by atoms with Crippen molar-refractivity contribution in [2.45, 2.75) is 50.9 Å². The van der Waals surface area contributed by atoms with Crippen molar-refractivity contribution in [3.63, 3.8) is 0 Å². The first-order valence-electron chi connectivity index (χ1n) is 6.96. The molecule has 0 bridgehead atoms. The highest BCUT2D eigenvalue weighted by atomic mass is 32.1. The molecule has 0 aliphatic carbocycles. The molecule has 2 rings (SSSR count). The summed E-state index contributed by atoms with van der Waals surface area (Å²) < 4.78 is 11.1. The summed E-state index contributed by atoms with van der Waals surface area (Å²) in [5, 5.41) is 6.72. The monoisotopic (exact) mass is 284 g/mol. The van der Waals surface area contributed by atoms with Crippen molar-refractivity contribution in [3.8, 4) is 0 Å². The van der Waals surface area contributed by atoms with Gasteiger partial charge >= 0.3 is 0 Å². The van der Waals surface area contributed by atoms with E-state index in [-0.39, 0.29) is 5.60 Å². The Bertz CT molecular complexity index is 396. The molecule has 0 radical (unpaired) electrons. The van der Waals surface area contributed by atoms with Gasteiger partial charge in [-0.2, -0.15) is 0 Å². The van der Waals surface area contributed by atoms with Crippen LogP contribution in [0.1, 0.15) is 49.9 Å². The van der Waals surface area contributed by atoms with Crippen LogP contribution in [0.3, 0.4) is 0 Å². The molecule has 2 atom stereocenters. The van der Waals surface area contributed by atoms with Crippen LogP contribution in [0.4, 0.5) is 0 Å². The van der Waals surface area contributed by atoms with Crippen molar-refractivity contribution < 1.29 is 9.47 Å². The Balaban J connectivity index is 2.15. The summed E-state index contributed by atoms with van der Waals surface area (Å²) in [4.78, 5) is 4.82. The van der Waals surface area contributed by atoms with E-state index in [1.807, 2.05) is 0 Å². The summed E-state index contributed by atoms with van der Waals surface area (Å²) in [5.41, 5.74) is 0.908. The second kappa shape index (κ2) is 6.31. The third-order valence-electron chi connectivity index (χ3n) is 4.23. The first kappa shape index (κ1) is 14.9. The van der Waals surface area contributed by atoms with Crippen molar-refractivity contribution in [1.29, 1.82) is 0 Å². The fraction of sp³-hybridized carbons (Fsp3) is 0.786. The first-order valence-corrected chi connectivity index (χ1v) is 7.84. The van der Waals surface area contributed by atoms with E-state index in [1.54, 1.807) is 25.6 Å². The molecule has 2 heterocycles. The number of ether oxygens (including phenoxy) is 2.